The zero-order chi connectivity index (χ0) is 15.5. The second-order valence-electron chi connectivity index (χ2n) is 5.35. The van der Waals surface area contributed by atoms with E-state index >= 15 is 0 Å². The number of nitrogens with one attached hydrogen (secondary N) is 2. The van der Waals surface area contributed by atoms with Crippen LogP contribution in [0.4, 0.5) is 0 Å². The molecule has 0 bridgehead atoms. The molecule has 0 spiro atoms. The van der Waals surface area contributed by atoms with Gasteiger partial charge in [0.15, 0.2) is 0 Å². The molecule has 0 aliphatic heterocycles. The number of carbonyl (C=O) groups is 2. The SMILES string of the molecule is CCOCC(=O)NC(CC(=O)NCC#N)C1CCCCC1. The van der Waals surface area contributed by atoms with Crippen LogP contribution >= 0.6 is 0 Å². The maximum Gasteiger partial charge on any atom is 0.246 e. The Morgan fingerprint density at radius 1 is 1.29 bits per heavy atom. The number of ether oxygens (including phenoxy) is 1. The van der Waals surface area contributed by atoms with Gasteiger partial charge in [-0.3, -0.25) is 9.59 Å². The van der Waals surface area contributed by atoms with Gasteiger partial charge < -0.3 is 15.4 Å². The fraction of sp³-hybridized carbons (Fsp3) is 0.800. The largest absolute Gasteiger partial charge is 0.372 e. The molecule has 118 valence electrons. The van der Waals surface area contributed by atoms with Gasteiger partial charge in [-0.1, -0.05) is 19.3 Å². The Hall–Kier alpha value is -1.61. The summed E-state index contributed by atoms with van der Waals surface area (Å²) >= 11 is 0. The Morgan fingerprint density at radius 2 is 2.00 bits per heavy atom. The minimum Gasteiger partial charge on any atom is -0.372 e. The molecule has 1 saturated carbocycles. The van der Waals surface area contributed by atoms with E-state index in [1.807, 2.05) is 13.0 Å². The van der Waals surface area contributed by atoms with Crippen LogP contribution in [0.1, 0.15) is 45.4 Å². The number of hydrogen-bond acceptors (Lipinski definition) is 4. The Labute approximate surface area is 126 Å². The molecule has 0 aromatic heterocycles. The molecule has 0 heterocycles. The van der Waals surface area contributed by atoms with Crippen LogP contribution in [-0.2, 0) is 14.3 Å². The summed E-state index contributed by atoms with van der Waals surface area (Å²) in [5.74, 6) is -0.0403. The average Bonchev–Trinajstić information content (AvgIpc) is 2.51. The van der Waals surface area contributed by atoms with E-state index in [0.29, 0.717) is 12.5 Å². The molecule has 1 aliphatic carbocycles. The number of nitriles is 1. The summed E-state index contributed by atoms with van der Waals surface area (Å²) in [6, 6.07) is 1.71. The van der Waals surface area contributed by atoms with Crippen molar-refractivity contribution >= 4 is 11.8 Å². The lowest BCUT2D eigenvalue weighted by Crippen LogP contribution is -2.45. The van der Waals surface area contributed by atoms with Crippen molar-refractivity contribution in [2.45, 2.75) is 51.5 Å². The molecular formula is C15H25N3O3. The lowest BCUT2D eigenvalue weighted by Gasteiger charge is -2.30. The second-order valence-corrected chi connectivity index (χ2v) is 5.35. The lowest BCUT2D eigenvalue weighted by molar-refractivity contribution is -0.127. The number of rotatable bonds is 8. The van der Waals surface area contributed by atoms with Crippen LogP contribution in [0.5, 0.6) is 0 Å². The fourth-order valence-corrected chi connectivity index (χ4v) is 2.73. The quantitative estimate of drug-likeness (QED) is 0.656. The molecule has 2 N–H and O–H groups in total. The molecule has 1 atom stereocenters. The van der Waals surface area contributed by atoms with E-state index in [0.717, 1.165) is 25.7 Å². The minimum atomic E-state index is -0.191. The maximum absolute atomic E-state index is 11.8. The van der Waals surface area contributed by atoms with E-state index in [2.05, 4.69) is 10.6 Å². The van der Waals surface area contributed by atoms with E-state index < -0.39 is 0 Å². The summed E-state index contributed by atoms with van der Waals surface area (Å²) in [5, 5.41) is 13.9. The molecule has 21 heavy (non-hydrogen) atoms. The van der Waals surface area contributed by atoms with Gasteiger partial charge in [0.05, 0.1) is 6.07 Å². The summed E-state index contributed by atoms with van der Waals surface area (Å²) in [6.07, 6.45) is 5.79. The van der Waals surface area contributed by atoms with Gasteiger partial charge in [0.25, 0.3) is 0 Å². The average molecular weight is 295 g/mol. The summed E-state index contributed by atoms with van der Waals surface area (Å²) in [7, 11) is 0. The highest BCUT2D eigenvalue weighted by atomic mass is 16.5. The van der Waals surface area contributed by atoms with Crippen molar-refractivity contribution in [3.8, 4) is 6.07 Å². The van der Waals surface area contributed by atoms with Crippen LogP contribution in [0, 0.1) is 17.2 Å². The predicted octanol–water partition coefficient (Wildman–Crippen LogP) is 1.12. The van der Waals surface area contributed by atoms with E-state index in [-0.39, 0.29) is 37.4 Å². The highest BCUT2D eigenvalue weighted by Gasteiger charge is 2.27. The zero-order valence-corrected chi connectivity index (χ0v) is 12.7. The highest BCUT2D eigenvalue weighted by molar-refractivity contribution is 5.80. The van der Waals surface area contributed by atoms with Crippen molar-refractivity contribution in [1.82, 2.24) is 10.6 Å². The Balaban J connectivity index is 2.54. The molecule has 0 radical (unpaired) electrons. The number of nitrogens with zero attached hydrogens (tertiary/aromatic N) is 1. The standard InChI is InChI=1S/C15H25N3O3/c1-2-21-11-15(20)18-13(10-14(19)17-9-8-16)12-6-4-3-5-7-12/h12-13H,2-7,9-11H2,1H3,(H,17,19)(H,18,20). The molecule has 1 rings (SSSR count). The van der Waals surface area contributed by atoms with Gasteiger partial charge in [0, 0.05) is 19.1 Å². The number of hydrogen-bond donors (Lipinski definition) is 2. The molecule has 0 saturated heterocycles. The van der Waals surface area contributed by atoms with Crippen molar-refractivity contribution in [3.05, 3.63) is 0 Å². The smallest absolute Gasteiger partial charge is 0.246 e. The topological polar surface area (TPSA) is 91.2 Å². The molecule has 2 amide bonds. The summed E-state index contributed by atoms with van der Waals surface area (Å²) in [6.45, 7) is 2.36. The van der Waals surface area contributed by atoms with Crippen LogP contribution in [0.15, 0.2) is 0 Å². The van der Waals surface area contributed by atoms with Crippen molar-refractivity contribution in [2.75, 3.05) is 19.8 Å². The molecule has 0 aromatic carbocycles. The molecule has 1 unspecified atom stereocenters. The summed E-state index contributed by atoms with van der Waals surface area (Å²) in [5.41, 5.74) is 0. The van der Waals surface area contributed by atoms with Crippen LogP contribution in [-0.4, -0.2) is 37.6 Å². The maximum atomic E-state index is 11.8. The van der Waals surface area contributed by atoms with Crippen LogP contribution in [0.2, 0.25) is 0 Å². The normalized spacial score (nSPS) is 16.8. The van der Waals surface area contributed by atoms with E-state index in [1.54, 1.807) is 0 Å². The number of amides is 2. The molecule has 6 heteroatoms. The van der Waals surface area contributed by atoms with E-state index in [9.17, 15) is 9.59 Å². The van der Waals surface area contributed by atoms with Gasteiger partial charge in [-0.25, -0.2) is 0 Å². The first-order valence-electron chi connectivity index (χ1n) is 7.68. The third-order valence-electron chi connectivity index (χ3n) is 3.77. The predicted molar refractivity (Wildman–Crippen MR) is 78.2 cm³/mol. The number of carbonyl (C=O) groups excluding carboxylic acids is 2. The minimum absolute atomic E-state index is 0.00309. The molecule has 1 fully saturated rings. The van der Waals surface area contributed by atoms with E-state index in [4.69, 9.17) is 10.00 Å². The third kappa shape index (κ3) is 7.09. The highest BCUT2D eigenvalue weighted by Crippen LogP contribution is 2.27. The first-order chi connectivity index (χ1) is 10.2. The molecule has 0 aromatic rings. The van der Waals surface area contributed by atoms with Gasteiger partial charge in [-0.05, 0) is 25.7 Å². The second kappa shape index (κ2) is 10.2. The molecule has 6 nitrogen and oxygen atoms in total. The fourth-order valence-electron chi connectivity index (χ4n) is 2.73. The van der Waals surface area contributed by atoms with Gasteiger partial charge in [0.1, 0.15) is 13.2 Å². The van der Waals surface area contributed by atoms with Gasteiger partial charge in [-0.2, -0.15) is 5.26 Å². The Kier molecular flexibility index (Phi) is 8.44. The monoisotopic (exact) mass is 295 g/mol. The summed E-state index contributed by atoms with van der Waals surface area (Å²) in [4.78, 5) is 23.6. The van der Waals surface area contributed by atoms with Gasteiger partial charge in [0.2, 0.25) is 11.8 Å². The third-order valence-corrected chi connectivity index (χ3v) is 3.77. The molecular weight excluding hydrogens is 270 g/mol. The Bertz CT molecular complexity index is 373. The first kappa shape index (κ1) is 17.4. The van der Waals surface area contributed by atoms with Crippen molar-refractivity contribution in [1.29, 1.82) is 5.26 Å². The van der Waals surface area contributed by atoms with Crippen molar-refractivity contribution < 1.29 is 14.3 Å². The van der Waals surface area contributed by atoms with Crippen molar-refractivity contribution in [3.63, 3.8) is 0 Å². The molecule has 1 aliphatic rings. The summed E-state index contributed by atoms with van der Waals surface area (Å²) < 4.78 is 5.10. The van der Waals surface area contributed by atoms with Gasteiger partial charge >= 0.3 is 0 Å². The first-order valence-corrected chi connectivity index (χ1v) is 7.68. The zero-order valence-electron chi connectivity index (χ0n) is 12.7. The Morgan fingerprint density at radius 3 is 2.62 bits per heavy atom. The van der Waals surface area contributed by atoms with Crippen LogP contribution in [0.25, 0.3) is 0 Å². The van der Waals surface area contributed by atoms with Gasteiger partial charge in [-0.15, -0.1) is 0 Å². The van der Waals surface area contributed by atoms with Crippen LogP contribution in [0.3, 0.4) is 0 Å². The van der Waals surface area contributed by atoms with E-state index in [1.165, 1.54) is 6.42 Å². The lowest BCUT2D eigenvalue weighted by atomic mass is 9.82. The van der Waals surface area contributed by atoms with Crippen molar-refractivity contribution in [2.24, 2.45) is 5.92 Å². The van der Waals surface area contributed by atoms with Crippen LogP contribution < -0.4 is 10.6 Å².